The highest BCUT2D eigenvalue weighted by Gasteiger charge is 2.12. The van der Waals surface area contributed by atoms with Crippen LogP contribution in [0.1, 0.15) is 12.0 Å². The molecule has 1 N–H and O–H groups in total. The second-order valence-corrected chi connectivity index (χ2v) is 5.81. The molecule has 0 amide bonds. The molecule has 4 rings (SSSR count). The highest BCUT2D eigenvalue weighted by Crippen LogP contribution is 2.28. The maximum atomic E-state index is 4.32. The Kier molecular flexibility index (Phi) is 2.81. The number of imidazole rings is 1. The van der Waals surface area contributed by atoms with Gasteiger partial charge in [0.25, 0.3) is 0 Å². The molecule has 1 aliphatic rings. The molecule has 0 saturated carbocycles. The number of benzene rings is 1. The summed E-state index contributed by atoms with van der Waals surface area (Å²) < 4.78 is 2.16. The number of anilines is 1. The van der Waals surface area contributed by atoms with E-state index in [1.807, 2.05) is 12.5 Å². The number of nitrogens with one attached hydrogen (secondary N) is 1. The fourth-order valence-electron chi connectivity index (χ4n) is 2.74. The van der Waals surface area contributed by atoms with Crippen LogP contribution < -0.4 is 5.32 Å². The van der Waals surface area contributed by atoms with Gasteiger partial charge >= 0.3 is 0 Å². The number of hydrogen-bond acceptors (Lipinski definition) is 3. The van der Waals surface area contributed by atoms with Gasteiger partial charge in [0.15, 0.2) is 0 Å². The molecule has 2 aromatic heterocycles. The third-order valence-corrected chi connectivity index (χ3v) is 4.44. The van der Waals surface area contributed by atoms with Crippen LogP contribution >= 0.6 is 11.3 Å². The van der Waals surface area contributed by atoms with Crippen LogP contribution in [-0.4, -0.2) is 16.1 Å². The second kappa shape index (κ2) is 4.80. The van der Waals surface area contributed by atoms with Crippen LogP contribution in [0.5, 0.6) is 0 Å². The fraction of sp³-hybridized carbons (Fsp3) is 0.188. The fourth-order valence-corrected chi connectivity index (χ4v) is 3.39. The number of nitrogens with zero attached hydrogens (tertiary/aromatic N) is 2. The zero-order valence-corrected chi connectivity index (χ0v) is 11.9. The van der Waals surface area contributed by atoms with Crippen molar-refractivity contribution in [3.63, 3.8) is 0 Å². The predicted octanol–water partition coefficient (Wildman–Crippen LogP) is 3.96. The summed E-state index contributed by atoms with van der Waals surface area (Å²) in [7, 11) is 0. The Morgan fingerprint density at radius 3 is 3.15 bits per heavy atom. The lowest BCUT2D eigenvalue weighted by Crippen LogP contribution is -2.12. The molecule has 0 saturated heterocycles. The van der Waals surface area contributed by atoms with Crippen molar-refractivity contribution in [2.75, 3.05) is 11.9 Å². The van der Waals surface area contributed by atoms with Crippen molar-refractivity contribution < 1.29 is 0 Å². The van der Waals surface area contributed by atoms with E-state index in [1.165, 1.54) is 28.9 Å². The Balaban J connectivity index is 1.80. The molecule has 0 bridgehead atoms. The van der Waals surface area contributed by atoms with Gasteiger partial charge in [0.05, 0.1) is 18.2 Å². The van der Waals surface area contributed by atoms with E-state index in [1.54, 1.807) is 11.3 Å². The first-order valence-electron chi connectivity index (χ1n) is 6.84. The molecule has 0 aliphatic carbocycles. The van der Waals surface area contributed by atoms with Crippen molar-refractivity contribution in [2.45, 2.75) is 12.8 Å². The average Bonchev–Trinajstić information content (AvgIpc) is 3.17. The summed E-state index contributed by atoms with van der Waals surface area (Å²) in [5, 5.41) is 7.71. The minimum Gasteiger partial charge on any atom is -0.385 e. The summed E-state index contributed by atoms with van der Waals surface area (Å²) in [6, 6.07) is 8.76. The van der Waals surface area contributed by atoms with Gasteiger partial charge in [0.1, 0.15) is 0 Å². The van der Waals surface area contributed by atoms with Gasteiger partial charge in [-0.1, -0.05) is 0 Å². The van der Waals surface area contributed by atoms with Crippen molar-refractivity contribution >= 4 is 17.0 Å². The maximum Gasteiger partial charge on any atom is 0.0997 e. The molecule has 0 radical (unpaired) electrons. The van der Waals surface area contributed by atoms with Gasteiger partial charge in [-0.05, 0) is 48.1 Å². The van der Waals surface area contributed by atoms with Crippen LogP contribution in [-0.2, 0) is 6.42 Å². The van der Waals surface area contributed by atoms with E-state index in [4.69, 9.17) is 0 Å². The molecule has 4 heteroatoms. The number of thiophene rings is 1. The summed E-state index contributed by atoms with van der Waals surface area (Å²) in [6.07, 6.45) is 6.18. The second-order valence-electron chi connectivity index (χ2n) is 5.03. The molecule has 0 spiro atoms. The molecular weight excluding hydrogens is 266 g/mol. The quantitative estimate of drug-likeness (QED) is 0.770. The molecule has 1 aliphatic heterocycles. The van der Waals surface area contributed by atoms with E-state index in [-0.39, 0.29) is 0 Å². The average molecular weight is 281 g/mol. The molecule has 0 atom stereocenters. The summed E-state index contributed by atoms with van der Waals surface area (Å²) >= 11 is 1.71. The summed E-state index contributed by atoms with van der Waals surface area (Å²) in [6.45, 7) is 1.08. The Morgan fingerprint density at radius 1 is 1.25 bits per heavy atom. The van der Waals surface area contributed by atoms with Crippen LogP contribution in [0.15, 0.2) is 47.5 Å². The normalized spacial score (nSPS) is 13.8. The van der Waals surface area contributed by atoms with Gasteiger partial charge in [-0.15, -0.1) is 0 Å². The van der Waals surface area contributed by atoms with E-state index >= 15 is 0 Å². The van der Waals surface area contributed by atoms with Gasteiger partial charge in [0.2, 0.25) is 0 Å². The lowest BCUT2D eigenvalue weighted by atomic mass is 10.0. The van der Waals surface area contributed by atoms with Crippen LogP contribution in [0, 0.1) is 0 Å². The van der Waals surface area contributed by atoms with E-state index < -0.39 is 0 Å². The lowest BCUT2D eigenvalue weighted by molar-refractivity contribution is 0.828. The van der Waals surface area contributed by atoms with E-state index in [0.29, 0.717) is 0 Å². The molecule has 3 heterocycles. The molecule has 3 nitrogen and oxygen atoms in total. The van der Waals surface area contributed by atoms with E-state index in [0.717, 1.165) is 18.7 Å². The summed E-state index contributed by atoms with van der Waals surface area (Å²) in [4.78, 5) is 4.32. The van der Waals surface area contributed by atoms with Gasteiger partial charge < -0.3 is 5.32 Å². The summed E-state index contributed by atoms with van der Waals surface area (Å²) in [5.41, 5.74) is 6.24. The van der Waals surface area contributed by atoms with Gasteiger partial charge in [-0.25, -0.2) is 4.98 Å². The minimum atomic E-state index is 1.08. The first-order valence-corrected chi connectivity index (χ1v) is 7.78. The molecule has 0 fully saturated rings. The van der Waals surface area contributed by atoms with Gasteiger partial charge in [-0.2, -0.15) is 11.3 Å². The van der Waals surface area contributed by atoms with Crippen molar-refractivity contribution in [1.82, 2.24) is 9.55 Å². The van der Waals surface area contributed by atoms with Crippen LogP contribution in [0.25, 0.3) is 16.9 Å². The van der Waals surface area contributed by atoms with Crippen molar-refractivity contribution in [2.24, 2.45) is 0 Å². The molecule has 3 aromatic rings. The maximum absolute atomic E-state index is 4.32. The van der Waals surface area contributed by atoms with Crippen LogP contribution in [0.4, 0.5) is 5.69 Å². The molecule has 1 aromatic carbocycles. The molecular formula is C16H15N3S. The third kappa shape index (κ3) is 1.93. The van der Waals surface area contributed by atoms with Crippen molar-refractivity contribution in [3.8, 4) is 16.9 Å². The Morgan fingerprint density at radius 2 is 2.25 bits per heavy atom. The smallest absolute Gasteiger partial charge is 0.0997 e. The Bertz CT molecular complexity index is 728. The van der Waals surface area contributed by atoms with Gasteiger partial charge in [-0.3, -0.25) is 4.57 Å². The lowest BCUT2D eigenvalue weighted by Gasteiger charge is -2.19. The Hall–Kier alpha value is -2.07. The highest BCUT2D eigenvalue weighted by atomic mass is 32.1. The number of fused-ring (bicyclic) bond motifs is 1. The number of hydrogen-bond donors (Lipinski definition) is 1. The minimum absolute atomic E-state index is 1.08. The van der Waals surface area contributed by atoms with Crippen molar-refractivity contribution in [1.29, 1.82) is 0 Å². The van der Waals surface area contributed by atoms with Gasteiger partial charge in [0, 0.05) is 28.9 Å². The first kappa shape index (κ1) is 11.7. The number of aromatic nitrogens is 2. The van der Waals surface area contributed by atoms with E-state index in [2.05, 4.69) is 49.9 Å². The molecule has 20 heavy (non-hydrogen) atoms. The highest BCUT2D eigenvalue weighted by molar-refractivity contribution is 7.08. The topological polar surface area (TPSA) is 29.9 Å². The van der Waals surface area contributed by atoms with Crippen LogP contribution in [0.2, 0.25) is 0 Å². The third-order valence-electron chi connectivity index (χ3n) is 3.76. The van der Waals surface area contributed by atoms with Crippen molar-refractivity contribution in [3.05, 3.63) is 53.1 Å². The monoisotopic (exact) mass is 281 g/mol. The standard InChI is InChI=1S/C16H15N3S/c1-2-12-8-14(3-4-15(12)18-6-1)19-11-17-9-16(19)13-5-7-20-10-13/h3-5,7-11,18H,1-2,6H2. The number of aryl methyl sites for hydroxylation is 1. The zero-order valence-electron chi connectivity index (χ0n) is 11.0. The van der Waals surface area contributed by atoms with E-state index in [9.17, 15) is 0 Å². The zero-order chi connectivity index (χ0) is 13.4. The first-order chi connectivity index (χ1) is 9.92. The SMILES string of the molecule is c1cc(-c2cncn2-c2ccc3c(c2)CCCN3)cs1. The molecule has 100 valence electrons. The molecule has 0 unspecified atom stereocenters. The Labute approximate surface area is 121 Å². The summed E-state index contributed by atoms with van der Waals surface area (Å²) in [5.74, 6) is 0. The van der Waals surface area contributed by atoms with Crippen LogP contribution in [0.3, 0.4) is 0 Å². The number of rotatable bonds is 2. The predicted molar refractivity (Wildman–Crippen MR) is 83.7 cm³/mol. The largest absolute Gasteiger partial charge is 0.385 e.